The first-order valence-electron chi connectivity index (χ1n) is 5.22. The van der Waals surface area contributed by atoms with E-state index in [9.17, 15) is 5.11 Å². The number of benzene rings is 1. The quantitative estimate of drug-likeness (QED) is 0.878. The number of hydrogen-bond acceptors (Lipinski definition) is 2. The van der Waals surface area contributed by atoms with Crippen LogP contribution in [0, 0.1) is 0 Å². The molecule has 16 heavy (non-hydrogen) atoms. The predicted molar refractivity (Wildman–Crippen MR) is 76.5 cm³/mol. The van der Waals surface area contributed by atoms with Crippen LogP contribution in [0.15, 0.2) is 22.7 Å². The van der Waals surface area contributed by atoms with Gasteiger partial charge in [-0.2, -0.15) is 11.8 Å². The molecule has 0 aliphatic heterocycles. The van der Waals surface area contributed by atoms with Crippen molar-refractivity contribution in [1.29, 1.82) is 0 Å². The van der Waals surface area contributed by atoms with E-state index in [4.69, 9.17) is 11.6 Å². The van der Waals surface area contributed by atoms with E-state index in [2.05, 4.69) is 29.8 Å². The van der Waals surface area contributed by atoms with Crippen LogP contribution in [0.3, 0.4) is 0 Å². The van der Waals surface area contributed by atoms with Gasteiger partial charge in [-0.15, -0.1) is 0 Å². The molecule has 1 N–H and O–H groups in total. The minimum atomic E-state index is -0.328. The third-order valence-corrected chi connectivity index (χ3v) is 4.18. The molecule has 0 heterocycles. The molecule has 1 aromatic carbocycles. The summed E-state index contributed by atoms with van der Waals surface area (Å²) in [5.74, 6) is 0.754. The zero-order valence-corrected chi connectivity index (χ0v) is 12.6. The molecule has 1 rings (SSSR count). The van der Waals surface area contributed by atoms with Crippen molar-refractivity contribution < 1.29 is 5.11 Å². The van der Waals surface area contributed by atoms with Crippen LogP contribution in [-0.4, -0.2) is 22.2 Å². The molecule has 0 fully saturated rings. The van der Waals surface area contributed by atoms with Gasteiger partial charge in [0.25, 0.3) is 0 Å². The molecule has 0 aromatic heterocycles. The predicted octanol–water partition coefficient (Wildman–Crippen LogP) is 4.15. The zero-order chi connectivity index (χ0) is 12.1. The lowest BCUT2D eigenvalue weighted by Gasteiger charge is -2.13. The highest BCUT2D eigenvalue weighted by atomic mass is 79.9. The summed E-state index contributed by atoms with van der Waals surface area (Å²) < 4.78 is 0.965. The fourth-order valence-electron chi connectivity index (χ4n) is 1.30. The van der Waals surface area contributed by atoms with Gasteiger partial charge in [-0.05, 0) is 22.9 Å². The Balaban J connectivity index is 2.52. The lowest BCUT2D eigenvalue weighted by Crippen LogP contribution is -2.15. The van der Waals surface area contributed by atoms with Gasteiger partial charge in [0.2, 0.25) is 0 Å². The second-order valence-corrected chi connectivity index (χ2v) is 6.91. The molecule has 1 nitrogen and oxygen atoms in total. The lowest BCUT2D eigenvalue weighted by atomic mass is 10.1. The Hall–Kier alpha value is 0.300. The first kappa shape index (κ1) is 14.4. The molecule has 4 heteroatoms. The van der Waals surface area contributed by atoms with Crippen LogP contribution in [0.4, 0.5) is 0 Å². The molecule has 1 atom stereocenters. The summed E-state index contributed by atoms with van der Waals surface area (Å²) in [7, 11) is 0. The number of thioether (sulfide) groups is 1. The number of hydrogen-bond donors (Lipinski definition) is 1. The molecule has 0 spiro atoms. The van der Waals surface area contributed by atoms with Crippen molar-refractivity contribution >= 4 is 39.3 Å². The summed E-state index contributed by atoms with van der Waals surface area (Å²) in [5.41, 5.74) is 1.00. The summed E-state index contributed by atoms with van der Waals surface area (Å²) in [5, 5.41) is 11.1. The van der Waals surface area contributed by atoms with Crippen LogP contribution in [0.1, 0.15) is 19.4 Å². The maximum atomic E-state index is 9.85. The standard InChI is InChI=1S/C12H16BrClOS/c1-8(2)16-7-11(15)5-9-3-4-10(13)6-12(9)14/h3-4,6,8,11,15H,5,7H2,1-2H3. The van der Waals surface area contributed by atoms with E-state index in [1.807, 2.05) is 18.2 Å². The average Bonchev–Trinajstić information content (AvgIpc) is 2.19. The van der Waals surface area contributed by atoms with Crippen LogP contribution in [0.2, 0.25) is 5.02 Å². The summed E-state index contributed by atoms with van der Waals surface area (Å²) in [6.07, 6.45) is 0.289. The number of halogens is 2. The highest BCUT2D eigenvalue weighted by Crippen LogP contribution is 2.23. The molecule has 0 radical (unpaired) electrons. The van der Waals surface area contributed by atoms with Crippen molar-refractivity contribution in [2.45, 2.75) is 31.6 Å². The van der Waals surface area contributed by atoms with Crippen molar-refractivity contribution in [3.8, 4) is 0 Å². The largest absolute Gasteiger partial charge is 0.392 e. The van der Waals surface area contributed by atoms with E-state index in [-0.39, 0.29) is 6.10 Å². The Morgan fingerprint density at radius 3 is 2.69 bits per heavy atom. The second kappa shape index (κ2) is 6.90. The summed E-state index contributed by atoms with van der Waals surface area (Å²) in [4.78, 5) is 0. The molecular weight excluding hydrogens is 308 g/mol. The molecule has 1 aromatic rings. The molecule has 0 saturated heterocycles. The molecule has 0 saturated carbocycles. The van der Waals surface area contributed by atoms with Gasteiger partial charge < -0.3 is 5.11 Å². The third-order valence-electron chi connectivity index (χ3n) is 2.09. The first-order valence-corrected chi connectivity index (χ1v) is 7.44. The fraction of sp³-hybridized carbons (Fsp3) is 0.500. The van der Waals surface area contributed by atoms with E-state index in [0.29, 0.717) is 16.7 Å². The van der Waals surface area contributed by atoms with Gasteiger partial charge in [-0.1, -0.05) is 47.4 Å². The van der Waals surface area contributed by atoms with Gasteiger partial charge in [0.15, 0.2) is 0 Å². The van der Waals surface area contributed by atoms with Crippen molar-refractivity contribution in [3.05, 3.63) is 33.3 Å². The van der Waals surface area contributed by atoms with E-state index in [1.54, 1.807) is 11.8 Å². The number of aliphatic hydroxyl groups excluding tert-OH is 1. The minimum absolute atomic E-state index is 0.328. The Kier molecular flexibility index (Phi) is 6.19. The fourth-order valence-corrected chi connectivity index (χ4v) is 2.78. The van der Waals surface area contributed by atoms with Crippen LogP contribution in [-0.2, 0) is 6.42 Å². The molecule has 0 bridgehead atoms. The van der Waals surface area contributed by atoms with Gasteiger partial charge in [0.1, 0.15) is 0 Å². The van der Waals surface area contributed by atoms with Gasteiger partial charge >= 0.3 is 0 Å². The monoisotopic (exact) mass is 322 g/mol. The van der Waals surface area contributed by atoms with E-state index >= 15 is 0 Å². The van der Waals surface area contributed by atoms with Gasteiger partial charge in [-0.25, -0.2) is 0 Å². The topological polar surface area (TPSA) is 20.2 Å². The summed E-state index contributed by atoms with van der Waals surface area (Å²) in [6.45, 7) is 4.26. The van der Waals surface area contributed by atoms with Crippen LogP contribution < -0.4 is 0 Å². The summed E-state index contributed by atoms with van der Waals surface area (Å²) in [6, 6.07) is 5.76. The maximum absolute atomic E-state index is 9.85. The maximum Gasteiger partial charge on any atom is 0.0671 e. The minimum Gasteiger partial charge on any atom is -0.392 e. The Bertz CT molecular complexity index is 344. The van der Waals surface area contributed by atoms with Gasteiger partial charge in [0, 0.05) is 21.7 Å². The first-order chi connectivity index (χ1) is 7.49. The van der Waals surface area contributed by atoms with Crippen molar-refractivity contribution in [2.24, 2.45) is 0 Å². The van der Waals surface area contributed by atoms with Crippen LogP contribution in [0.5, 0.6) is 0 Å². The normalized spacial score (nSPS) is 13.1. The molecule has 0 aliphatic rings. The number of aliphatic hydroxyl groups is 1. The van der Waals surface area contributed by atoms with E-state index in [0.717, 1.165) is 15.8 Å². The highest BCUT2D eigenvalue weighted by molar-refractivity contribution is 9.10. The van der Waals surface area contributed by atoms with Crippen LogP contribution >= 0.6 is 39.3 Å². The molecule has 90 valence electrons. The third kappa shape index (κ3) is 5.09. The Morgan fingerprint density at radius 2 is 2.12 bits per heavy atom. The molecule has 0 aliphatic carbocycles. The van der Waals surface area contributed by atoms with Crippen LogP contribution in [0.25, 0.3) is 0 Å². The number of rotatable bonds is 5. The molecule has 1 unspecified atom stereocenters. The Morgan fingerprint density at radius 1 is 1.44 bits per heavy atom. The highest BCUT2D eigenvalue weighted by Gasteiger charge is 2.09. The Labute approximate surface area is 115 Å². The SMILES string of the molecule is CC(C)SCC(O)Cc1ccc(Br)cc1Cl. The van der Waals surface area contributed by atoms with E-state index < -0.39 is 0 Å². The lowest BCUT2D eigenvalue weighted by molar-refractivity contribution is 0.200. The van der Waals surface area contributed by atoms with Gasteiger partial charge in [0.05, 0.1) is 6.10 Å². The van der Waals surface area contributed by atoms with Crippen molar-refractivity contribution in [3.63, 3.8) is 0 Å². The summed E-state index contributed by atoms with van der Waals surface area (Å²) >= 11 is 11.2. The smallest absolute Gasteiger partial charge is 0.0671 e. The second-order valence-electron chi connectivity index (χ2n) is 3.98. The average molecular weight is 324 g/mol. The molecule has 0 amide bonds. The molecular formula is C12H16BrClOS. The zero-order valence-electron chi connectivity index (χ0n) is 9.41. The van der Waals surface area contributed by atoms with Crippen molar-refractivity contribution in [1.82, 2.24) is 0 Å². The van der Waals surface area contributed by atoms with Crippen molar-refractivity contribution in [2.75, 3.05) is 5.75 Å². The van der Waals surface area contributed by atoms with Gasteiger partial charge in [-0.3, -0.25) is 0 Å². The van der Waals surface area contributed by atoms with E-state index in [1.165, 1.54) is 0 Å².